The summed E-state index contributed by atoms with van der Waals surface area (Å²) in [4.78, 5) is 12.4. The fourth-order valence-electron chi connectivity index (χ4n) is 2.50. The molecule has 1 aromatic heterocycles. The highest BCUT2D eigenvalue weighted by atomic mass is 32.2. The number of benzene rings is 1. The molecule has 8 nitrogen and oxygen atoms in total. The highest BCUT2D eigenvalue weighted by molar-refractivity contribution is 7.90. The van der Waals surface area contributed by atoms with Crippen LogP contribution in [0.5, 0.6) is 5.75 Å². The fourth-order valence-corrected chi connectivity index (χ4v) is 2.93. The van der Waals surface area contributed by atoms with Crippen molar-refractivity contribution in [3.63, 3.8) is 0 Å². The van der Waals surface area contributed by atoms with Crippen LogP contribution < -0.4 is 10.1 Å². The molecule has 0 radical (unpaired) electrons. The minimum atomic E-state index is -3.59. The van der Waals surface area contributed by atoms with Gasteiger partial charge in [-0.15, -0.1) is 5.10 Å². The predicted molar refractivity (Wildman–Crippen MR) is 99.1 cm³/mol. The van der Waals surface area contributed by atoms with Crippen LogP contribution in [0, 0.1) is 5.92 Å². The zero-order valence-corrected chi connectivity index (χ0v) is 16.7. The largest absolute Gasteiger partial charge is 0.494 e. The average Bonchev–Trinajstić information content (AvgIpc) is 3.06. The number of hydrogen-bond donors (Lipinski definition) is 1. The Morgan fingerprint density at radius 3 is 2.41 bits per heavy atom. The maximum atomic E-state index is 12.4. The van der Waals surface area contributed by atoms with Crippen molar-refractivity contribution in [2.24, 2.45) is 5.92 Å². The zero-order valence-electron chi connectivity index (χ0n) is 15.9. The first-order valence-electron chi connectivity index (χ1n) is 8.73. The minimum Gasteiger partial charge on any atom is -0.494 e. The van der Waals surface area contributed by atoms with Gasteiger partial charge < -0.3 is 14.5 Å². The van der Waals surface area contributed by atoms with Gasteiger partial charge in [0.05, 0.1) is 13.0 Å². The van der Waals surface area contributed by atoms with Crippen molar-refractivity contribution in [3.05, 3.63) is 35.7 Å². The number of carbonyl (C=O) groups is 1. The molecule has 0 fully saturated rings. The number of amides is 1. The number of hydrogen-bond acceptors (Lipinski definition) is 7. The lowest BCUT2D eigenvalue weighted by molar-refractivity contribution is -0.121. The molecule has 0 aliphatic rings. The number of rotatable bonds is 9. The Bertz CT molecular complexity index is 859. The lowest BCUT2D eigenvalue weighted by Gasteiger charge is -2.17. The van der Waals surface area contributed by atoms with Crippen molar-refractivity contribution in [2.45, 2.75) is 44.9 Å². The first-order chi connectivity index (χ1) is 12.7. The second-order valence-electron chi connectivity index (χ2n) is 6.68. The summed E-state index contributed by atoms with van der Waals surface area (Å²) >= 11 is 0. The number of carbonyl (C=O) groups excluding carboxylic acids is 1. The summed E-state index contributed by atoms with van der Waals surface area (Å²) in [5, 5.41) is 9.77. The first kappa shape index (κ1) is 20.9. The lowest BCUT2D eigenvalue weighted by Crippen LogP contribution is -2.31. The standard InChI is InChI=1S/C18H25N3O5S/c1-5-25-14-8-6-13(7-9-14)11-16(22)19-15(10-12(2)3)17-20-21-18(26-17)27(4,23)24/h6-9,12,15H,5,10-11H2,1-4H3,(H,19,22)/t15-/m0/s1. The molecule has 9 heteroatoms. The molecule has 2 aromatic rings. The van der Waals surface area contributed by atoms with Crippen LogP contribution in [-0.2, 0) is 21.1 Å². The molecule has 2 rings (SSSR count). The van der Waals surface area contributed by atoms with Crippen LogP contribution in [0.1, 0.15) is 44.7 Å². The molecule has 1 aromatic carbocycles. The Kier molecular flexibility index (Phi) is 6.95. The Balaban J connectivity index is 2.08. The van der Waals surface area contributed by atoms with Crippen molar-refractivity contribution in [1.29, 1.82) is 0 Å². The molecule has 1 heterocycles. The van der Waals surface area contributed by atoms with E-state index in [-0.39, 0.29) is 24.1 Å². The van der Waals surface area contributed by atoms with Crippen molar-refractivity contribution in [3.8, 4) is 5.75 Å². The van der Waals surface area contributed by atoms with E-state index in [4.69, 9.17) is 9.15 Å². The number of ether oxygens (including phenoxy) is 1. The molecule has 0 saturated heterocycles. The molecule has 0 spiro atoms. The molecule has 27 heavy (non-hydrogen) atoms. The van der Waals surface area contributed by atoms with Gasteiger partial charge in [-0.05, 0) is 37.0 Å². The van der Waals surface area contributed by atoms with E-state index < -0.39 is 21.1 Å². The minimum absolute atomic E-state index is 0.0872. The van der Waals surface area contributed by atoms with E-state index in [1.54, 1.807) is 0 Å². The third kappa shape index (κ3) is 6.35. The van der Waals surface area contributed by atoms with Gasteiger partial charge in [0.15, 0.2) is 0 Å². The number of nitrogens with one attached hydrogen (secondary N) is 1. The number of sulfone groups is 1. The van der Waals surface area contributed by atoms with Crippen molar-refractivity contribution in [1.82, 2.24) is 15.5 Å². The summed E-state index contributed by atoms with van der Waals surface area (Å²) in [6.45, 7) is 6.46. The van der Waals surface area contributed by atoms with Gasteiger partial charge in [0.2, 0.25) is 21.6 Å². The molecule has 0 bridgehead atoms. The van der Waals surface area contributed by atoms with Crippen LogP contribution in [0.3, 0.4) is 0 Å². The van der Waals surface area contributed by atoms with E-state index in [0.29, 0.717) is 13.0 Å². The predicted octanol–water partition coefficient (Wildman–Crippen LogP) is 2.32. The van der Waals surface area contributed by atoms with Gasteiger partial charge in [-0.3, -0.25) is 4.79 Å². The molecule has 0 unspecified atom stereocenters. The highest BCUT2D eigenvalue weighted by Gasteiger charge is 2.25. The first-order valence-corrected chi connectivity index (χ1v) is 10.6. The van der Waals surface area contributed by atoms with Gasteiger partial charge in [-0.1, -0.05) is 31.1 Å². The van der Waals surface area contributed by atoms with Gasteiger partial charge in [-0.2, -0.15) is 0 Å². The SMILES string of the molecule is CCOc1ccc(CC(=O)N[C@@H](CC(C)C)c2nnc(S(C)(=O)=O)o2)cc1. The molecule has 1 N–H and O–H groups in total. The Morgan fingerprint density at radius 1 is 1.22 bits per heavy atom. The molecule has 0 aliphatic heterocycles. The summed E-state index contributed by atoms with van der Waals surface area (Å²) in [6.07, 6.45) is 1.71. The van der Waals surface area contributed by atoms with Crippen LogP contribution in [0.4, 0.5) is 0 Å². The van der Waals surface area contributed by atoms with E-state index in [9.17, 15) is 13.2 Å². The number of nitrogens with zero attached hydrogens (tertiary/aromatic N) is 2. The van der Waals surface area contributed by atoms with Crippen LogP contribution >= 0.6 is 0 Å². The van der Waals surface area contributed by atoms with Crippen LogP contribution in [0.25, 0.3) is 0 Å². The summed E-state index contributed by atoms with van der Waals surface area (Å²) < 4.78 is 33.7. The van der Waals surface area contributed by atoms with Crippen LogP contribution in [0.15, 0.2) is 33.9 Å². The normalized spacial score (nSPS) is 12.8. The summed E-state index contributed by atoms with van der Waals surface area (Å²) in [5.74, 6) is 0.848. The van der Waals surface area contributed by atoms with E-state index in [2.05, 4.69) is 15.5 Å². The fraction of sp³-hybridized carbons (Fsp3) is 0.500. The molecule has 1 amide bonds. The van der Waals surface area contributed by atoms with E-state index >= 15 is 0 Å². The van der Waals surface area contributed by atoms with Crippen molar-refractivity contribution in [2.75, 3.05) is 12.9 Å². The average molecular weight is 395 g/mol. The second kappa shape index (κ2) is 8.98. The zero-order chi connectivity index (χ0) is 20.0. The van der Waals surface area contributed by atoms with Gasteiger partial charge in [0.25, 0.3) is 0 Å². The molecule has 148 valence electrons. The summed E-state index contributed by atoms with van der Waals surface area (Å²) in [7, 11) is -3.59. The Morgan fingerprint density at radius 2 is 1.89 bits per heavy atom. The maximum Gasteiger partial charge on any atom is 0.335 e. The quantitative estimate of drug-likeness (QED) is 0.693. The van der Waals surface area contributed by atoms with Gasteiger partial charge in [0.1, 0.15) is 11.8 Å². The Hall–Kier alpha value is -2.42. The third-order valence-corrected chi connectivity index (χ3v) is 4.48. The van der Waals surface area contributed by atoms with Gasteiger partial charge in [-0.25, -0.2) is 8.42 Å². The monoisotopic (exact) mass is 395 g/mol. The molecular formula is C18H25N3O5S. The summed E-state index contributed by atoms with van der Waals surface area (Å²) in [6, 6.07) is 6.73. The van der Waals surface area contributed by atoms with Gasteiger partial charge in [0, 0.05) is 6.26 Å². The molecule has 0 saturated carbocycles. The van der Waals surface area contributed by atoms with Crippen molar-refractivity contribution < 1.29 is 22.4 Å². The lowest BCUT2D eigenvalue weighted by atomic mass is 10.0. The van der Waals surface area contributed by atoms with E-state index in [1.165, 1.54) is 0 Å². The Labute approximate surface area is 159 Å². The molecule has 0 aliphatic carbocycles. The van der Waals surface area contributed by atoms with E-state index in [1.807, 2.05) is 45.0 Å². The maximum absolute atomic E-state index is 12.4. The van der Waals surface area contributed by atoms with Gasteiger partial charge >= 0.3 is 5.22 Å². The topological polar surface area (TPSA) is 111 Å². The van der Waals surface area contributed by atoms with Crippen molar-refractivity contribution >= 4 is 15.7 Å². The summed E-state index contributed by atoms with van der Waals surface area (Å²) in [5.41, 5.74) is 0.835. The third-order valence-electron chi connectivity index (χ3n) is 3.68. The second-order valence-corrected chi connectivity index (χ2v) is 8.58. The van der Waals surface area contributed by atoms with Crippen LogP contribution in [-0.4, -0.2) is 37.4 Å². The number of aromatic nitrogens is 2. The smallest absolute Gasteiger partial charge is 0.335 e. The molecule has 1 atom stereocenters. The highest BCUT2D eigenvalue weighted by Crippen LogP contribution is 2.22. The van der Waals surface area contributed by atoms with E-state index in [0.717, 1.165) is 17.6 Å². The molecular weight excluding hydrogens is 370 g/mol. The van der Waals surface area contributed by atoms with Crippen LogP contribution in [0.2, 0.25) is 0 Å².